The predicted molar refractivity (Wildman–Crippen MR) is 120 cm³/mol. The van der Waals surface area contributed by atoms with E-state index >= 15 is 0 Å². The van der Waals surface area contributed by atoms with Gasteiger partial charge in [0.25, 0.3) is 0 Å². The van der Waals surface area contributed by atoms with Crippen LogP contribution in [0.4, 0.5) is 10.5 Å². The summed E-state index contributed by atoms with van der Waals surface area (Å²) in [7, 11) is 0. The fourth-order valence-corrected chi connectivity index (χ4v) is 3.76. The lowest BCUT2D eigenvalue weighted by molar-refractivity contribution is -0.117. The summed E-state index contributed by atoms with van der Waals surface area (Å²) in [6.07, 6.45) is 0. The number of hydrogen-bond acceptors (Lipinski definition) is 5. The van der Waals surface area contributed by atoms with Gasteiger partial charge in [-0.15, -0.1) is 0 Å². The molecule has 0 saturated carbocycles. The summed E-state index contributed by atoms with van der Waals surface area (Å²) >= 11 is 18.5. The highest BCUT2D eigenvalue weighted by Gasteiger charge is 2.29. The number of ether oxygens (including phenoxy) is 1. The van der Waals surface area contributed by atoms with E-state index in [-0.39, 0.29) is 39.4 Å². The number of nitrogens with zero attached hydrogens (tertiary/aromatic N) is 1. The van der Waals surface area contributed by atoms with Gasteiger partial charge in [0, 0.05) is 16.3 Å². The molecule has 3 aromatic rings. The van der Waals surface area contributed by atoms with E-state index < -0.39 is 17.7 Å². The zero-order chi connectivity index (χ0) is 23.0. The maximum atomic E-state index is 12.8. The fourth-order valence-electron chi connectivity index (χ4n) is 3.09. The van der Waals surface area contributed by atoms with Gasteiger partial charge in [-0.3, -0.25) is 19.8 Å². The second kappa shape index (κ2) is 8.70. The lowest BCUT2D eigenvalue weighted by Crippen LogP contribution is -2.27. The average Bonchev–Trinajstić information content (AvgIpc) is 3.09. The van der Waals surface area contributed by atoms with Crippen molar-refractivity contribution in [2.75, 3.05) is 11.4 Å². The highest BCUT2D eigenvalue weighted by molar-refractivity contribution is 6.38. The molecule has 1 aliphatic heterocycles. The molecule has 0 aliphatic carbocycles. The van der Waals surface area contributed by atoms with Crippen LogP contribution in [0.5, 0.6) is 17.2 Å². The Kier molecular flexibility index (Phi) is 5.97. The number of rotatable bonds is 5. The van der Waals surface area contributed by atoms with E-state index in [1.807, 2.05) is 0 Å². The van der Waals surface area contributed by atoms with Crippen LogP contribution in [0.3, 0.4) is 0 Å². The van der Waals surface area contributed by atoms with Crippen LogP contribution in [0, 0.1) is 0 Å². The number of benzene rings is 3. The van der Waals surface area contributed by atoms with Gasteiger partial charge in [-0.25, -0.2) is 4.79 Å². The Labute approximate surface area is 197 Å². The number of anilines is 1. The second-order valence-corrected chi connectivity index (χ2v) is 8.05. The Morgan fingerprint density at radius 1 is 0.969 bits per heavy atom. The molecular formula is C22H13Cl3N2O5. The van der Waals surface area contributed by atoms with Crippen LogP contribution in [0.2, 0.25) is 15.1 Å². The molecule has 10 heteroatoms. The third kappa shape index (κ3) is 4.36. The van der Waals surface area contributed by atoms with Crippen molar-refractivity contribution in [1.29, 1.82) is 0 Å². The zero-order valence-corrected chi connectivity index (χ0v) is 18.3. The molecule has 3 aromatic carbocycles. The number of phenols is 1. The Morgan fingerprint density at radius 3 is 2.22 bits per heavy atom. The number of imide groups is 1. The van der Waals surface area contributed by atoms with Crippen LogP contribution in [0.1, 0.15) is 15.9 Å². The minimum atomic E-state index is -0.584. The molecule has 7 nitrogen and oxygen atoms in total. The normalized spacial score (nSPS) is 13.3. The third-order valence-electron chi connectivity index (χ3n) is 4.63. The van der Waals surface area contributed by atoms with E-state index in [2.05, 4.69) is 5.32 Å². The van der Waals surface area contributed by atoms with Crippen molar-refractivity contribution in [2.45, 2.75) is 0 Å². The summed E-state index contributed by atoms with van der Waals surface area (Å²) in [5.74, 6) is -0.815. The highest BCUT2D eigenvalue weighted by atomic mass is 35.5. The van der Waals surface area contributed by atoms with Crippen LogP contribution in [0.15, 0.2) is 54.6 Å². The fraction of sp³-hybridized carbons (Fsp3) is 0.0455. The van der Waals surface area contributed by atoms with Gasteiger partial charge in [-0.1, -0.05) is 34.8 Å². The van der Waals surface area contributed by atoms with Gasteiger partial charge in [0.1, 0.15) is 18.0 Å². The van der Waals surface area contributed by atoms with Crippen LogP contribution in [-0.2, 0) is 4.79 Å². The molecule has 1 fully saturated rings. The molecule has 32 heavy (non-hydrogen) atoms. The van der Waals surface area contributed by atoms with Gasteiger partial charge in [0.15, 0.2) is 11.5 Å². The van der Waals surface area contributed by atoms with E-state index in [1.54, 1.807) is 24.3 Å². The van der Waals surface area contributed by atoms with Crippen molar-refractivity contribution in [3.63, 3.8) is 0 Å². The Morgan fingerprint density at radius 2 is 1.62 bits per heavy atom. The molecular weight excluding hydrogens is 479 g/mol. The number of urea groups is 1. The lowest BCUT2D eigenvalue weighted by atomic mass is 10.0. The number of halogens is 3. The van der Waals surface area contributed by atoms with Crippen molar-refractivity contribution in [3.8, 4) is 17.2 Å². The summed E-state index contributed by atoms with van der Waals surface area (Å²) in [5.41, 5.74) is 0.668. The molecule has 3 amide bonds. The molecule has 0 atom stereocenters. The van der Waals surface area contributed by atoms with Gasteiger partial charge in [-0.2, -0.15) is 0 Å². The smallest absolute Gasteiger partial charge is 0.329 e. The van der Waals surface area contributed by atoms with Crippen molar-refractivity contribution >= 4 is 58.2 Å². The van der Waals surface area contributed by atoms with Crippen LogP contribution in [0.25, 0.3) is 0 Å². The molecule has 0 unspecified atom stereocenters. The number of carbonyl (C=O) groups excluding carboxylic acids is 3. The van der Waals surface area contributed by atoms with Crippen molar-refractivity contribution in [2.24, 2.45) is 0 Å². The molecule has 1 heterocycles. The zero-order valence-electron chi connectivity index (χ0n) is 16.1. The number of amides is 3. The minimum Gasteiger partial charge on any atom is -0.507 e. The number of nitrogens with one attached hydrogen (secondary N) is 1. The maximum absolute atomic E-state index is 12.8. The van der Waals surface area contributed by atoms with Crippen molar-refractivity contribution < 1.29 is 24.2 Å². The van der Waals surface area contributed by atoms with Crippen LogP contribution in [-0.4, -0.2) is 29.4 Å². The third-order valence-corrected chi connectivity index (χ3v) is 5.44. The first-order chi connectivity index (χ1) is 15.2. The lowest BCUT2D eigenvalue weighted by Gasteiger charge is -2.17. The van der Waals surface area contributed by atoms with Gasteiger partial charge < -0.3 is 9.84 Å². The summed E-state index contributed by atoms with van der Waals surface area (Å²) in [6, 6.07) is 12.6. The average molecular weight is 492 g/mol. The monoisotopic (exact) mass is 490 g/mol. The number of carbonyl (C=O) groups is 3. The second-order valence-electron chi connectivity index (χ2n) is 6.80. The summed E-state index contributed by atoms with van der Waals surface area (Å²) in [5, 5.41) is 13.0. The van der Waals surface area contributed by atoms with E-state index in [9.17, 15) is 19.5 Å². The van der Waals surface area contributed by atoms with E-state index in [1.165, 1.54) is 35.2 Å². The molecule has 1 aliphatic rings. The Bertz CT molecular complexity index is 1240. The highest BCUT2D eigenvalue weighted by Crippen LogP contribution is 2.41. The summed E-state index contributed by atoms with van der Waals surface area (Å²) in [4.78, 5) is 37.3. The molecule has 4 rings (SSSR count). The van der Waals surface area contributed by atoms with Gasteiger partial charge in [0.2, 0.25) is 5.91 Å². The summed E-state index contributed by atoms with van der Waals surface area (Å²) in [6.45, 7) is -0.153. The quantitative estimate of drug-likeness (QED) is 0.366. The standard InChI is InChI=1S/C22H13Cl3N2O5/c23-12-3-1-11(2-4-12)20(30)15-9-14(5-6-18(15)28)32-21-16(24)7-13(8-17(21)25)27-10-19(29)26-22(27)31/h1-9,28H,10H2,(H,26,29,31). The largest absolute Gasteiger partial charge is 0.507 e. The van der Waals surface area contributed by atoms with Crippen LogP contribution >= 0.6 is 34.8 Å². The van der Waals surface area contributed by atoms with Crippen molar-refractivity contribution in [3.05, 3.63) is 80.8 Å². The number of ketones is 1. The van der Waals surface area contributed by atoms with Gasteiger partial charge in [0.05, 0.1) is 15.6 Å². The van der Waals surface area contributed by atoms with Crippen molar-refractivity contribution in [1.82, 2.24) is 5.32 Å². The van der Waals surface area contributed by atoms with E-state index in [4.69, 9.17) is 39.5 Å². The SMILES string of the molecule is O=C1CN(c2cc(Cl)c(Oc3ccc(O)c(C(=O)c4ccc(Cl)cc4)c3)c(Cl)c2)C(=O)N1. The summed E-state index contributed by atoms with van der Waals surface area (Å²) < 4.78 is 5.77. The van der Waals surface area contributed by atoms with Crippen LogP contribution < -0.4 is 15.0 Å². The first-order valence-corrected chi connectivity index (χ1v) is 10.3. The molecule has 2 N–H and O–H groups in total. The molecule has 0 radical (unpaired) electrons. The first kappa shape index (κ1) is 22.0. The first-order valence-electron chi connectivity index (χ1n) is 9.14. The van der Waals surface area contributed by atoms with E-state index in [0.29, 0.717) is 16.3 Å². The minimum absolute atomic E-state index is 0.0148. The molecule has 0 bridgehead atoms. The van der Waals surface area contributed by atoms with Gasteiger partial charge in [-0.05, 0) is 54.6 Å². The molecule has 0 aromatic heterocycles. The maximum Gasteiger partial charge on any atom is 0.329 e. The molecule has 162 valence electrons. The Hall–Kier alpha value is -3.26. The number of aromatic hydroxyl groups is 1. The Balaban J connectivity index is 1.62. The number of phenolic OH excluding ortho intramolecular Hbond substituents is 1. The number of hydrogen-bond donors (Lipinski definition) is 2. The van der Waals surface area contributed by atoms with Gasteiger partial charge >= 0.3 is 6.03 Å². The predicted octanol–water partition coefficient (Wildman–Crippen LogP) is 5.43. The topological polar surface area (TPSA) is 95.9 Å². The van der Waals surface area contributed by atoms with E-state index in [0.717, 1.165) is 0 Å². The molecule has 0 spiro atoms. The molecule has 1 saturated heterocycles.